The number of benzene rings is 2. The number of hydrogen-bond acceptors (Lipinski definition) is 6. The number of carbonyl (C=O) groups is 2. The lowest BCUT2D eigenvalue weighted by atomic mass is 9.90. The van der Waals surface area contributed by atoms with E-state index in [-0.39, 0.29) is 42.0 Å². The summed E-state index contributed by atoms with van der Waals surface area (Å²) < 4.78 is 38.2. The molecule has 1 saturated carbocycles. The van der Waals surface area contributed by atoms with Crippen LogP contribution in [0.1, 0.15) is 40.2 Å². The highest BCUT2D eigenvalue weighted by Crippen LogP contribution is 2.51. The molecule has 1 aliphatic heterocycles. The number of fused-ring (bicyclic) bond motifs is 1. The largest absolute Gasteiger partial charge is 0.387 e. The molecule has 3 heterocycles. The lowest BCUT2D eigenvalue weighted by Gasteiger charge is -2.42. The summed E-state index contributed by atoms with van der Waals surface area (Å²) >= 11 is 6.03. The van der Waals surface area contributed by atoms with Crippen LogP contribution in [0.5, 0.6) is 0 Å². The zero-order valence-electron chi connectivity index (χ0n) is 23.1. The molecule has 0 spiro atoms. The van der Waals surface area contributed by atoms with Crippen LogP contribution in [0.15, 0.2) is 67.0 Å². The summed E-state index contributed by atoms with van der Waals surface area (Å²) in [6.45, 7) is -0.478. The Hall–Kier alpha value is -4.19. The molecular weight excluding hydrogens is 580 g/mol. The van der Waals surface area contributed by atoms with Crippen molar-refractivity contribution in [3.63, 3.8) is 0 Å². The number of rotatable bonds is 10. The molecule has 6 rings (SSSR count). The van der Waals surface area contributed by atoms with Crippen LogP contribution in [-0.4, -0.2) is 49.3 Å². The molecule has 0 radical (unpaired) electrons. The number of carbonyl (C=O) groups excluding carboxylic acids is 2. The Morgan fingerprint density at radius 1 is 1.12 bits per heavy atom. The molecular formula is C31H28ClF2N5O4. The average Bonchev–Trinajstić information content (AvgIpc) is 3.61. The van der Waals surface area contributed by atoms with Gasteiger partial charge in [-0.3, -0.25) is 24.2 Å². The van der Waals surface area contributed by atoms with Gasteiger partial charge in [0.2, 0.25) is 5.91 Å². The van der Waals surface area contributed by atoms with Crippen molar-refractivity contribution in [1.29, 1.82) is 0 Å². The number of aliphatic hydroxyl groups excluding tert-OH is 1. The van der Waals surface area contributed by atoms with Crippen LogP contribution in [0.25, 0.3) is 11.1 Å². The maximum Gasteiger partial charge on any atom is 0.260 e. The molecule has 2 amide bonds. The van der Waals surface area contributed by atoms with Crippen LogP contribution in [0.3, 0.4) is 0 Å². The van der Waals surface area contributed by atoms with E-state index in [0.717, 1.165) is 6.20 Å². The van der Waals surface area contributed by atoms with Crippen molar-refractivity contribution in [3.8, 4) is 11.1 Å². The highest BCUT2D eigenvalue weighted by atomic mass is 35.5. The summed E-state index contributed by atoms with van der Waals surface area (Å²) in [5.41, 5.74) is 3.93. The third-order valence-corrected chi connectivity index (χ3v) is 8.47. The monoisotopic (exact) mass is 607 g/mol. The maximum atomic E-state index is 16.5. The van der Waals surface area contributed by atoms with Crippen molar-refractivity contribution in [3.05, 3.63) is 106 Å². The van der Waals surface area contributed by atoms with Crippen LogP contribution < -0.4 is 5.73 Å². The van der Waals surface area contributed by atoms with Crippen LogP contribution in [0, 0.1) is 17.0 Å². The second-order valence-electron chi connectivity index (χ2n) is 11.0. The van der Waals surface area contributed by atoms with Gasteiger partial charge in [0.25, 0.3) is 5.91 Å². The molecule has 222 valence electrons. The minimum absolute atomic E-state index is 0.0783. The van der Waals surface area contributed by atoms with Crippen molar-refractivity contribution in [1.82, 2.24) is 19.7 Å². The summed E-state index contributed by atoms with van der Waals surface area (Å²) in [5, 5.41) is 16.8. The van der Waals surface area contributed by atoms with E-state index in [4.69, 9.17) is 22.1 Å². The van der Waals surface area contributed by atoms with Gasteiger partial charge in [-0.25, -0.2) is 8.78 Å². The Morgan fingerprint density at radius 2 is 1.86 bits per heavy atom. The fourth-order valence-corrected chi connectivity index (χ4v) is 5.73. The summed E-state index contributed by atoms with van der Waals surface area (Å²) in [7, 11) is 1.72. The van der Waals surface area contributed by atoms with Gasteiger partial charge in [-0.2, -0.15) is 5.10 Å². The average molecular weight is 608 g/mol. The zero-order valence-corrected chi connectivity index (χ0v) is 23.9. The molecule has 0 bridgehead atoms. The van der Waals surface area contributed by atoms with Crippen LogP contribution >= 0.6 is 11.6 Å². The lowest BCUT2D eigenvalue weighted by Crippen LogP contribution is -2.55. The van der Waals surface area contributed by atoms with Crippen molar-refractivity contribution < 1.29 is 28.2 Å². The topological polar surface area (TPSA) is 124 Å². The summed E-state index contributed by atoms with van der Waals surface area (Å²) in [5.74, 6) is -2.72. The predicted octanol–water partition coefficient (Wildman–Crippen LogP) is 4.11. The number of aliphatic hydroxyl groups is 1. The minimum atomic E-state index is -1.97. The van der Waals surface area contributed by atoms with Gasteiger partial charge in [0.1, 0.15) is 17.7 Å². The van der Waals surface area contributed by atoms with E-state index in [1.165, 1.54) is 23.1 Å². The van der Waals surface area contributed by atoms with Crippen LogP contribution in [0.4, 0.5) is 8.78 Å². The molecule has 2 aromatic carbocycles. The van der Waals surface area contributed by atoms with Gasteiger partial charge in [-0.05, 0) is 48.7 Å². The van der Waals surface area contributed by atoms with E-state index in [9.17, 15) is 19.1 Å². The van der Waals surface area contributed by atoms with E-state index < -0.39 is 40.7 Å². The van der Waals surface area contributed by atoms with E-state index in [2.05, 4.69) is 10.1 Å². The number of hydrogen-bond donors (Lipinski definition) is 2. The van der Waals surface area contributed by atoms with Crippen molar-refractivity contribution >= 4 is 23.4 Å². The number of halogens is 3. The van der Waals surface area contributed by atoms with Crippen molar-refractivity contribution in [2.75, 3.05) is 6.61 Å². The number of aryl methyl sites for hydroxylation is 1. The number of amides is 2. The molecule has 0 saturated heterocycles. The Kier molecular flexibility index (Phi) is 7.27. The first-order valence-corrected chi connectivity index (χ1v) is 14.0. The molecule has 9 nitrogen and oxygen atoms in total. The van der Waals surface area contributed by atoms with Crippen LogP contribution in [0.2, 0.25) is 5.02 Å². The van der Waals surface area contributed by atoms with Gasteiger partial charge in [0, 0.05) is 35.8 Å². The van der Waals surface area contributed by atoms with Gasteiger partial charge in [-0.1, -0.05) is 35.9 Å². The van der Waals surface area contributed by atoms with Gasteiger partial charge < -0.3 is 15.6 Å². The lowest BCUT2D eigenvalue weighted by molar-refractivity contribution is -0.211. The van der Waals surface area contributed by atoms with E-state index in [0.29, 0.717) is 29.1 Å². The van der Waals surface area contributed by atoms with E-state index >= 15 is 4.39 Å². The van der Waals surface area contributed by atoms with Crippen molar-refractivity contribution in [2.24, 2.45) is 18.2 Å². The van der Waals surface area contributed by atoms with Gasteiger partial charge in [0.05, 0.1) is 41.7 Å². The van der Waals surface area contributed by atoms with Crippen LogP contribution in [-0.2, 0) is 35.3 Å². The third-order valence-electron chi connectivity index (χ3n) is 8.22. The van der Waals surface area contributed by atoms with Gasteiger partial charge in [-0.15, -0.1) is 0 Å². The normalized spacial score (nSPS) is 19.4. The predicted molar refractivity (Wildman–Crippen MR) is 152 cm³/mol. The zero-order chi connectivity index (χ0) is 30.5. The van der Waals surface area contributed by atoms with E-state index in [1.54, 1.807) is 54.3 Å². The Bertz CT molecular complexity index is 1710. The second kappa shape index (κ2) is 10.8. The molecule has 1 fully saturated rings. The molecule has 2 aliphatic rings. The number of nitrogens with two attached hydrogens (primary N) is 1. The molecule has 12 heteroatoms. The molecule has 3 N–H and O–H groups in total. The third kappa shape index (κ3) is 5.07. The maximum absolute atomic E-state index is 16.5. The molecule has 2 aromatic heterocycles. The molecule has 4 aromatic rings. The number of nitrogens with zero attached hydrogens (tertiary/aromatic N) is 4. The molecule has 2 atom stereocenters. The summed E-state index contributed by atoms with van der Waals surface area (Å²) in [4.78, 5) is 31.8. The Labute approximate surface area is 250 Å². The smallest absolute Gasteiger partial charge is 0.260 e. The second-order valence-corrected chi connectivity index (χ2v) is 11.5. The van der Waals surface area contributed by atoms with Gasteiger partial charge >= 0.3 is 0 Å². The highest BCUT2D eigenvalue weighted by molar-refractivity contribution is 6.30. The number of aromatic nitrogens is 3. The fraction of sp³-hybridized carbons (Fsp3) is 0.290. The first-order chi connectivity index (χ1) is 20.5. The molecule has 1 aliphatic carbocycles. The first-order valence-electron chi connectivity index (χ1n) is 13.7. The summed E-state index contributed by atoms with van der Waals surface area (Å²) in [6.07, 6.45) is 2.09. The first kappa shape index (κ1) is 28.9. The minimum Gasteiger partial charge on any atom is -0.387 e. The number of primary amides is 1. The number of ether oxygens (including phenoxy) is 1. The number of pyridine rings is 1. The molecule has 1 unspecified atom stereocenters. The standard InChI is InChI=1S/C31H28ClF2N5O4/c1-38-13-10-21(37-38)14-25(40)31(43-17-30(11-12-30)29(35)42)24-9-8-23(18-2-4-19(32)5-3-18)27(34)26(24)28(41)39(31)16-22-7-6-20(33)15-36-22/h2-10,13,15,25,40H,11-12,14,16-17H2,1H3,(H2,35,42)/t25?,31-/m1/s1. The van der Waals surface area contributed by atoms with Gasteiger partial charge in [0.15, 0.2) is 5.72 Å². The Balaban J connectivity index is 1.52. The SMILES string of the molecule is Cn1ccc(CC(O)[C@]2(OCC3(C(N)=O)CC3)c3ccc(-c4ccc(Cl)cc4)c(F)c3C(=O)N2Cc2ccc(F)cn2)n1. The molecule has 43 heavy (non-hydrogen) atoms. The summed E-state index contributed by atoms with van der Waals surface area (Å²) in [6, 6.07) is 13.8. The highest BCUT2D eigenvalue weighted by Gasteiger charge is 2.59. The van der Waals surface area contributed by atoms with Crippen molar-refractivity contribution in [2.45, 2.75) is 37.6 Å². The van der Waals surface area contributed by atoms with E-state index in [1.807, 2.05) is 0 Å². The quantitative estimate of drug-likeness (QED) is 0.280. The Morgan fingerprint density at radius 3 is 2.47 bits per heavy atom. The fourth-order valence-electron chi connectivity index (χ4n) is 5.60.